The van der Waals surface area contributed by atoms with E-state index >= 15 is 0 Å². The van der Waals surface area contributed by atoms with Gasteiger partial charge < -0.3 is 0 Å². The van der Waals surface area contributed by atoms with Crippen LogP contribution in [0.2, 0.25) is 5.02 Å². The quantitative estimate of drug-likeness (QED) is 0.349. The number of allylic oxidation sites excluding steroid dienone is 5. The van der Waals surface area contributed by atoms with Crippen LogP contribution in [-0.4, -0.2) is 46.4 Å². The second kappa shape index (κ2) is 11.4. The Morgan fingerprint density at radius 3 is 2.19 bits per heavy atom. The molecule has 1 heterocycles. The lowest BCUT2D eigenvalue weighted by molar-refractivity contribution is -0.325. The molecule has 1 aromatic rings. The van der Waals surface area contributed by atoms with Gasteiger partial charge in [-0.2, -0.15) is 38.1 Å². The molecule has 0 spiro atoms. The fraction of sp³-hybridized carbons (Fsp3) is 0.480. The second-order valence-electron chi connectivity index (χ2n) is 8.78. The molecular formula is C25H28ClF7N2OS. The third-order valence-electron chi connectivity index (χ3n) is 5.63. The summed E-state index contributed by atoms with van der Waals surface area (Å²) in [5.41, 5.74) is -6.95. The molecule has 0 saturated heterocycles. The van der Waals surface area contributed by atoms with Gasteiger partial charge in [0.2, 0.25) is 0 Å². The molecule has 1 aliphatic carbocycles. The fourth-order valence-corrected chi connectivity index (χ4v) is 5.18. The number of nitrogens with zero attached hydrogens (tertiary/aromatic N) is 1. The van der Waals surface area contributed by atoms with Crippen molar-refractivity contribution in [1.29, 1.82) is 0 Å². The normalized spacial score (nSPS) is 18.6. The van der Waals surface area contributed by atoms with E-state index in [1.165, 1.54) is 22.7 Å². The number of thioether (sulfide) groups is 1. The van der Waals surface area contributed by atoms with Crippen LogP contribution in [0.5, 0.6) is 0 Å². The molecule has 1 atom stereocenters. The van der Waals surface area contributed by atoms with E-state index in [9.17, 15) is 35.5 Å². The molecule has 0 fully saturated rings. The van der Waals surface area contributed by atoms with Gasteiger partial charge in [0.15, 0.2) is 0 Å². The smallest absolute Gasteiger partial charge is 0.291 e. The third-order valence-corrected chi connectivity index (χ3v) is 6.97. The Balaban J connectivity index is 0.00000235. The van der Waals surface area contributed by atoms with Crippen molar-refractivity contribution in [2.45, 2.75) is 63.8 Å². The molecule has 1 unspecified atom stereocenters. The molecule has 0 radical (unpaired) electrons. The van der Waals surface area contributed by atoms with Gasteiger partial charge in [0.1, 0.15) is 6.17 Å². The van der Waals surface area contributed by atoms with Gasteiger partial charge in [0.25, 0.3) is 5.91 Å². The Hall–Kier alpha value is -1.98. The number of hydrogen-bond donors (Lipinski definition) is 1. The van der Waals surface area contributed by atoms with Crippen molar-refractivity contribution in [3.63, 3.8) is 0 Å². The summed E-state index contributed by atoms with van der Waals surface area (Å²) in [6.45, 7) is 7.76. The SMILES string of the molecule is CC.CSCC(C)(C)NC1c2c(Cl)cccc2C(=O)N1C1=CC=C(C(F)(C(F)(F)F)C(F)(F)F)C=CC1. The molecule has 0 aromatic heterocycles. The van der Waals surface area contributed by atoms with Crippen molar-refractivity contribution in [1.82, 2.24) is 10.2 Å². The topological polar surface area (TPSA) is 32.3 Å². The minimum absolute atomic E-state index is 0.0812. The number of halogens is 8. The second-order valence-corrected chi connectivity index (χ2v) is 10.1. The van der Waals surface area contributed by atoms with Gasteiger partial charge in [0.05, 0.1) is 0 Å². The molecule has 12 heteroatoms. The van der Waals surface area contributed by atoms with E-state index in [-0.39, 0.29) is 22.7 Å². The first-order valence-corrected chi connectivity index (χ1v) is 13.1. The highest BCUT2D eigenvalue weighted by Crippen LogP contribution is 2.51. The van der Waals surface area contributed by atoms with Gasteiger partial charge in [-0.05, 0) is 38.3 Å². The predicted molar refractivity (Wildman–Crippen MR) is 133 cm³/mol. The van der Waals surface area contributed by atoms with Crippen molar-refractivity contribution >= 4 is 29.3 Å². The lowest BCUT2D eigenvalue weighted by Gasteiger charge is -2.35. The highest BCUT2D eigenvalue weighted by molar-refractivity contribution is 7.98. The van der Waals surface area contributed by atoms with E-state index in [0.717, 1.165) is 12.2 Å². The average Bonchev–Trinajstić information content (AvgIpc) is 2.92. The number of alkyl halides is 7. The molecule has 37 heavy (non-hydrogen) atoms. The Morgan fingerprint density at radius 1 is 1.05 bits per heavy atom. The first kappa shape index (κ1) is 31.2. The number of amides is 1. The highest BCUT2D eigenvalue weighted by atomic mass is 35.5. The zero-order valence-corrected chi connectivity index (χ0v) is 22.4. The van der Waals surface area contributed by atoms with Crippen molar-refractivity contribution in [3.8, 4) is 0 Å². The number of fused-ring (bicyclic) bond motifs is 1. The number of carbonyl (C=O) groups excluding carboxylic acids is 1. The Kier molecular flexibility index (Phi) is 9.63. The lowest BCUT2D eigenvalue weighted by Crippen LogP contribution is -2.54. The summed E-state index contributed by atoms with van der Waals surface area (Å²) >= 11 is 7.92. The Bertz CT molecular complexity index is 1080. The van der Waals surface area contributed by atoms with Crippen molar-refractivity contribution < 1.29 is 35.5 Å². The van der Waals surface area contributed by atoms with Gasteiger partial charge >= 0.3 is 18.0 Å². The first-order chi connectivity index (χ1) is 17.0. The summed E-state index contributed by atoms with van der Waals surface area (Å²) in [4.78, 5) is 14.6. The van der Waals surface area contributed by atoms with Crippen LogP contribution in [0, 0.1) is 0 Å². The zero-order chi connectivity index (χ0) is 28.4. The van der Waals surface area contributed by atoms with E-state index in [2.05, 4.69) is 5.32 Å². The summed E-state index contributed by atoms with van der Waals surface area (Å²) in [6, 6.07) is 4.68. The van der Waals surface area contributed by atoms with Crippen LogP contribution in [0.25, 0.3) is 0 Å². The van der Waals surface area contributed by atoms with E-state index in [1.807, 2.05) is 34.0 Å². The first-order valence-electron chi connectivity index (χ1n) is 11.3. The molecular weight excluding hydrogens is 545 g/mol. The number of nitrogens with one attached hydrogen (secondary N) is 1. The molecule has 2 aliphatic rings. The minimum atomic E-state index is -6.24. The monoisotopic (exact) mass is 572 g/mol. The van der Waals surface area contributed by atoms with Crippen LogP contribution in [0.15, 0.2) is 53.8 Å². The summed E-state index contributed by atoms with van der Waals surface area (Å²) in [7, 11) is 0. The maximum Gasteiger partial charge on any atom is 0.435 e. The highest BCUT2D eigenvalue weighted by Gasteiger charge is 2.74. The van der Waals surface area contributed by atoms with Crippen LogP contribution < -0.4 is 5.32 Å². The molecule has 0 bridgehead atoms. The summed E-state index contributed by atoms with van der Waals surface area (Å²) in [6.07, 6.45) is -8.90. The molecule has 1 N–H and O–H groups in total. The molecule has 1 aliphatic heterocycles. The standard InChI is InChI=1S/C23H22ClF7N2OS.C2H6/c1-20(2,12-35-3)32-18-17-15(8-5-9-16(17)24)19(34)33(18)14-7-4-6-13(10-11-14)21(25,22(26,27)28)23(29,30)31;1-2/h4-6,8-11,18,32H,7,12H2,1-3H3;1-2H3. The molecule has 0 saturated carbocycles. The Morgan fingerprint density at radius 2 is 1.65 bits per heavy atom. The minimum Gasteiger partial charge on any atom is -0.291 e. The number of rotatable bonds is 6. The third kappa shape index (κ3) is 6.04. The van der Waals surface area contributed by atoms with Crippen molar-refractivity contribution in [3.05, 3.63) is 69.9 Å². The van der Waals surface area contributed by atoms with Gasteiger partial charge in [-0.1, -0.05) is 49.7 Å². The molecule has 206 valence electrons. The van der Waals surface area contributed by atoms with Gasteiger partial charge in [-0.3, -0.25) is 15.0 Å². The van der Waals surface area contributed by atoms with Gasteiger partial charge in [-0.25, -0.2) is 4.39 Å². The van der Waals surface area contributed by atoms with E-state index in [4.69, 9.17) is 11.6 Å². The number of hydrogen-bond acceptors (Lipinski definition) is 3. The number of carbonyl (C=O) groups is 1. The lowest BCUT2D eigenvalue weighted by atomic mass is 9.93. The predicted octanol–water partition coefficient (Wildman–Crippen LogP) is 8.15. The molecule has 3 rings (SSSR count). The summed E-state index contributed by atoms with van der Waals surface area (Å²) in [5.74, 6) is 0.0881. The van der Waals surface area contributed by atoms with Crippen molar-refractivity contribution in [2.24, 2.45) is 0 Å². The van der Waals surface area contributed by atoms with E-state index < -0.39 is 41.2 Å². The zero-order valence-electron chi connectivity index (χ0n) is 20.8. The van der Waals surface area contributed by atoms with Crippen LogP contribution in [0.3, 0.4) is 0 Å². The maximum absolute atomic E-state index is 14.6. The van der Waals surface area contributed by atoms with Crippen LogP contribution >= 0.6 is 23.4 Å². The summed E-state index contributed by atoms with van der Waals surface area (Å²) in [5, 5.41) is 3.59. The largest absolute Gasteiger partial charge is 0.435 e. The number of benzene rings is 1. The fourth-order valence-electron chi connectivity index (χ4n) is 4.10. The Labute approximate surface area is 220 Å². The molecule has 3 nitrogen and oxygen atoms in total. The van der Waals surface area contributed by atoms with E-state index in [0.29, 0.717) is 23.5 Å². The van der Waals surface area contributed by atoms with Crippen LogP contribution in [0.1, 0.15) is 56.2 Å². The van der Waals surface area contributed by atoms with Crippen LogP contribution in [0.4, 0.5) is 30.7 Å². The van der Waals surface area contributed by atoms with Gasteiger partial charge in [-0.15, -0.1) is 0 Å². The van der Waals surface area contributed by atoms with Crippen molar-refractivity contribution in [2.75, 3.05) is 12.0 Å². The maximum atomic E-state index is 14.6. The molecule has 1 aromatic carbocycles. The molecule has 1 amide bonds. The van der Waals surface area contributed by atoms with Crippen LogP contribution in [-0.2, 0) is 0 Å². The summed E-state index contributed by atoms with van der Waals surface area (Å²) < 4.78 is 94.0. The van der Waals surface area contributed by atoms with Gasteiger partial charge in [0, 0.05) is 45.1 Å². The average molecular weight is 573 g/mol. The van der Waals surface area contributed by atoms with E-state index in [1.54, 1.807) is 12.1 Å².